The van der Waals surface area contributed by atoms with Crippen LogP contribution in [0.3, 0.4) is 0 Å². The molecule has 0 spiro atoms. The van der Waals surface area contributed by atoms with Crippen LogP contribution in [0.5, 0.6) is 11.5 Å². The summed E-state index contributed by atoms with van der Waals surface area (Å²) in [5.74, 6) is 1.19. The summed E-state index contributed by atoms with van der Waals surface area (Å²) in [6.45, 7) is 3.32. The highest BCUT2D eigenvalue weighted by molar-refractivity contribution is 5.40. The Kier molecular flexibility index (Phi) is 4.58. The molecule has 0 aromatic heterocycles. The van der Waals surface area contributed by atoms with Crippen LogP contribution in [0.15, 0.2) is 18.2 Å². The van der Waals surface area contributed by atoms with Gasteiger partial charge in [-0.3, -0.25) is 0 Å². The Hall–Kier alpha value is -1.26. The highest BCUT2D eigenvalue weighted by Gasteiger charge is 2.13. The first-order valence-corrected chi connectivity index (χ1v) is 5.21. The Labute approximate surface area is 95.4 Å². The lowest BCUT2D eigenvalue weighted by Gasteiger charge is -2.19. The van der Waals surface area contributed by atoms with Gasteiger partial charge in [0.1, 0.15) is 17.6 Å². The van der Waals surface area contributed by atoms with Gasteiger partial charge < -0.3 is 19.7 Å². The molecule has 2 unspecified atom stereocenters. The molecule has 0 saturated heterocycles. The molecule has 0 bridgehead atoms. The highest BCUT2D eigenvalue weighted by atomic mass is 16.5. The van der Waals surface area contributed by atoms with Crippen LogP contribution in [0.25, 0.3) is 0 Å². The zero-order chi connectivity index (χ0) is 12.1. The van der Waals surface area contributed by atoms with E-state index in [1.54, 1.807) is 39.2 Å². The second-order valence-electron chi connectivity index (χ2n) is 3.70. The predicted molar refractivity (Wildman–Crippen MR) is 60.7 cm³/mol. The minimum Gasteiger partial charge on any atom is -0.497 e. The molecule has 1 aromatic rings. The Bertz CT molecular complexity index is 336. The number of rotatable bonds is 5. The van der Waals surface area contributed by atoms with Crippen molar-refractivity contribution in [2.75, 3.05) is 7.11 Å². The Morgan fingerprint density at radius 1 is 1.31 bits per heavy atom. The van der Waals surface area contributed by atoms with Crippen LogP contribution in [0, 0.1) is 0 Å². The van der Waals surface area contributed by atoms with Gasteiger partial charge in [-0.25, -0.2) is 0 Å². The molecule has 90 valence electrons. The molecular formula is C12H18O4. The fourth-order valence-electron chi connectivity index (χ4n) is 1.20. The minimum atomic E-state index is -0.572. The maximum absolute atomic E-state index is 9.35. The predicted octanol–water partition coefficient (Wildman–Crippen LogP) is 1.34. The summed E-state index contributed by atoms with van der Waals surface area (Å²) in [5, 5.41) is 18.5. The summed E-state index contributed by atoms with van der Waals surface area (Å²) in [4.78, 5) is 0. The maximum atomic E-state index is 9.35. The van der Waals surface area contributed by atoms with E-state index in [4.69, 9.17) is 14.6 Å². The van der Waals surface area contributed by atoms with Gasteiger partial charge in [-0.15, -0.1) is 0 Å². The van der Waals surface area contributed by atoms with Crippen molar-refractivity contribution in [1.82, 2.24) is 0 Å². The van der Waals surface area contributed by atoms with Crippen LogP contribution in [0.1, 0.15) is 19.4 Å². The molecule has 1 rings (SSSR count). The van der Waals surface area contributed by atoms with Crippen LogP contribution in [-0.2, 0) is 6.61 Å². The van der Waals surface area contributed by atoms with Crippen molar-refractivity contribution in [2.24, 2.45) is 0 Å². The molecule has 0 amide bonds. The largest absolute Gasteiger partial charge is 0.497 e. The van der Waals surface area contributed by atoms with E-state index >= 15 is 0 Å². The second kappa shape index (κ2) is 5.72. The molecule has 0 aliphatic rings. The van der Waals surface area contributed by atoms with Gasteiger partial charge >= 0.3 is 0 Å². The monoisotopic (exact) mass is 226 g/mol. The van der Waals surface area contributed by atoms with Crippen LogP contribution < -0.4 is 9.47 Å². The Balaban J connectivity index is 2.91. The highest BCUT2D eigenvalue weighted by Crippen LogP contribution is 2.26. The van der Waals surface area contributed by atoms with Crippen LogP contribution >= 0.6 is 0 Å². The molecular weight excluding hydrogens is 208 g/mol. The average molecular weight is 226 g/mol. The van der Waals surface area contributed by atoms with Crippen molar-refractivity contribution in [3.05, 3.63) is 23.8 Å². The lowest BCUT2D eigenvalue weighted by atomic mass is 10.2. The van der Waals surface area contributed by atoms with Crippen LogP contribution in [0.2, 0.25) is 0 Å². The summed E-state index contributed by atoms with van der Waals surface area (Å²) in [6, 6.07) is 5.19. The molecule has 4 nitrogen and oxygen atoms in total. The fraction of sp³-hybridized carbons (Fsp3) is 0.500. The normalized spacial score (nSPS) is 14.3. The van der Waals surface area contributed by atoms with Gasteiger partial charge in [-0.2, -0.15) is 0 Å². The molecule has 0 aliphatic heterocycles. The first-order valence-electron chi connectivity index (χ1n) is 5.21. The Morgan fingerprint density at radius 3 is 2.50 bits per heavy atom. The van der Waals surface area contributed by atoms with Crippen molar-refractivity contribution >= 4 is 0 Å². The third-order valence-corrected chi connectivity index (χ3v) is 2.44. The SMILES string of the molecule is COc1ccc(CO)c(OC(C)C(C)O)c1. The number of methoxy groups -OCH3 is 1. The number of benzene rings is 1. The smallest absolute Gasteiger partial charge is 0.129 e. The van der Waals surface area contributed by atoms with Crippen LogP contribution in [-0.4, -0.2) is 29.5 Å². The lowest BCUT2D eigenvalue weighted by molar-refractivity contribution is 0.0587. The fourth-order valence-corrected chi connectivity index (χ4v) is 1.20. The molecule has 0 radical (unpaired) electrons. The minimum absolute atomic E-state index is 0.105. The van der Waals surface area contributed by atoms with E-state index in [0.717, 1.165) is 0 Å². The summed E-state index contributed by atoms with van der Waals surface area (Å²) < 4.78 is 10.6. The van der Waals surface area contributed by atoms with Gasteiger partial charge in [0.2, 0.25) is 0 Å². The maximum Gasteiger partial charge on any atom is 0.129 e. The summed E-state index contributed by atoms with van der Waals surface area (Å²) >= 11 is 0. The third-order valence-electron chi connectivity index (χ3n) is 2.44. The number of hydrogen-bond donors (Lipinski definition) is 2. The molecule has 16 heavy (non-hydrogen) atoms. The van der Waals surface area contributed by atoms with E-state index < -0.39 is 6.10 Å². The van der Waals surface area contributed by atoms with Crippen molar-refractivity contribution in [1.29, 1.82) is 0 Å². The molecule has 0 fully saturated rings. The van der Waals surface area contributed by atoms with Crippen LogP contribution in [0.4, 0.5) is 0 Å². The number of aliphatic hydroxyl groups excluding tert-OH is 2. The first-order chi connectivity index (χ1) is 7.58. The number of hydrogen-bond acceptors (Lipinski definition) is 4. The van der Waals surface area contributed by atoms with Crippen molar-refractivity contribution < 1.29 is 19.7 Å². The Morgan fingerprint density at radius 2 is 2.00 bits per heavy atom. The molecule has 4 heteroatoms. The van der Waals surface area contributed by atoms with E-state index in [-0.39, 0.29) is 12.7 Å². The molecule has 0 saturated carbocycles. The second-order valence-corrected chi connectivity index (χ2v) is 3.70. The standard InChI is InChI=1S/C12H18O4/c1-8(14)9(2)16-12-6-11(15-3)5-4-10(12)7-13/h4-6,8-9,13-14H,7H2,1-3H3. The van der Waals surface area contributed by atoms with E-state index in [2.05, 4.69) is 0 Å². The number of ether oxygens (including phenoxy) is 2. The summed E-state index contributed by atoms with van der Waals surface area (Å²) in [5.41, 5.74) is 0.674. The van der Waals surface area contributed by atoms with Gasteiger partial charge in [0.25, 0.3) is 0 Å². The number of aliphatic hydroxyl groups is 2. The van der Waals surface area contributed by atoms with E-state index in [9.17, 15) is 5.11 Å². The van der Waals surface area contributed by atoms with Crippen molar-refractivity contribution in [3.8, 4) is 11.5 Å². The van der Waals surface area contributed by atoms with Gasteiger partial charge in [-0.05, 0) is 26.0 Å². The summed E-state index contributed by atoms with van der Waals surface area (Å²) in [6.07, 6.45) is -0.907. The quantitative estimate of drug-likeness (QED) is 0.795. The van der Waals surface area contributed by atoms with E-state index in [1.807, 2.05) is 0 Å². The van der Waals surface area contributed by atoms with Crippen molar-refractivity contribution in [3.63, 3.8) is 0 Å². The van der Waals surface area contributed by atoms with Gasteiger partial charge in [-0.1, -0.05) is 0 Å². The van der Waals surface area contributed by atoms with E-state index in [1.165, 1.54) is 0 Å². The zero-order valence-electron chi connectivity index (χ0n) is 9.80. The summed E-state index contributed by atoms with van der Waals surface area (Å²) in [7, 11) is 1.57. The van der Waals surface area contributed by atoms with Gasteiger partial charge in [0, 0.05) is 11.6 Å². The van der Waals surface area contributed by atoms with Gasteiger partial charge in [0.05, 0.1) is 19.8 Å². The molecule has 2 atom stereocenters. The van der Waals surface area contributed by atoms with Gasteiger partial charge in [0.15, 0.2) is 0 Å². The third kappa shape index (κ3) is 3.12. The lowest BCUT2D eigenvalue weighted by Crippen LogP contribution is -2.26. The molecule has 0 heterocycles. The first kappa shape index (κ1) is 12.8. The molecule has 0 aliphatic carbocycles. The zero-order valence-corrected chi connectivity index (χ0v) is 9.80. The average Bonchev–Trinajstić information content (AvgIpc) is 2.28. The molecule has 1 aromatic carbocycles. The molecule has 2 N–H and O–H groups in total. The topological polar surface area (TPSA) is 58.9 Å². The van der Waals surface area contributed by atoms with Crippen molar-refractivity contribution in [2.45, 2.75) is 32.7 Å². The van der Waals surface area contributed by atoms with E-state index in [0.29, 0.717) is 17.1 Å².